The second-order valence-electron chi connectivity index (χ2n) is 4.58. The lowest BCUT2D eigenvalue weighted by atomic mass is 10.2. The molecule has 0 spiro atoms. The van der Waals surface area contributed by atoms with E-state index in [1.54, 1.807) is 24.3 Å². The van der Waals surface area contributed by atoms with Crippen LogP contribution in [0, 0.1) is 6.92 Å². The Balaban J connectivity index is 2.15. The van der Waals surface area contributed by atoms with Crippen LogP contribution in [-0.2, 0) is 4.74 Å². The average Bonchev–Trinajstić information content (AvgIpc) is 2.82. The van der Waals surface area contributed by atoms with Crippen molar-refractivity contribution in [3.63, 3.8) is 0 Å². The lowest BCUT2D eigenvalue weighted by Gasteiger charge is -2.22. The lowest BCUT2D eigenvalue weighted by molar-refractivity contribution is 0.0647. The summed E-state index contributed by atoms with van der Waals surface area (Å²) in [6, 6.07) is 3.41. The summed E-state index contributed by atoms with van der Waals surface area (Å²) in [5.74, 6) is -0.0962. The van der Waals surface area contributed by atoms with Gasteiger partial charge in [-0.2, -0.15) is 0 Å². The molecule has 1 aromatic heterocycles. The molecule has 18 heavy (non-hydrogen) atoms. The molecule has 0 unspecified atom stereocenters. The number of hydrogen-bond acceptors (Lipinski definition) is 4. The first-order valence-electron chi connectivity index (χ1n) is 6.03. The average molecular weight is 250 g/mol. The number of aliphatic hydroxyl groups excluding tert-OH is 1. The Morgan fingerprint density at radius 3 is 2.94 bits per heavy atom. The minimum absolute atomic E-state index is 0.00417. The molecule has 1 amide bonds. The molecule has 5 heteroatoms. The van der Waals surface area contributed by atoms with E-state index >= 15 is 0 Å². The molecule has 0 aromatic carbocycles. The Hall–Kier alpha value is -1.46. The molecule has 5 nitrogen and oxygen atoms in total. The number of rotatable bonds is 3. The molecule has 2 rings (SSSR count). The van der Waals surface area contributed by atoms with Crippen LogP contribution in [0.25, 0.3) is 0 Å². The predicted octanol–water partition coefficient (Wildman–Crippen LogP) is 0.612. The normalized spacial score (nSPS) is 23.4. The first-order chi connectivity index (χ1) is 8.65. The topological polar surface area (TPSA) is 62.7 Å². The molecule has 1 N–H and O–H groups in total. The summed E-state index contributed by atoms with van der Waals surface area (Å²) >= 11 is 0. The smallest absolute Gasteiger partial charge is 0.255 e. The van der Waals surface area contributed by atoms with Gasteiger partial charge in [0.2, 0.25) is 0 Å². The first kappa shape index (κ1) is 13.0. The van der Waals surface area contributed by atoms with Crippen molar-refractivity contribution in [2.45, 2.75) is 25.5 Å². The number of amides is 1. The van der Waals surface area contributed by atoms with Crippen LogP contribution in [0.1, 0.15) is 22.5 Å². The van der Waals surface area contributed by atoms with Gasteiger partial charge in [0.25, 0.3) is 5.91 Å². The summed E-state index contributed by atoms with van der Waals surface area (Å²) in [5.41, 5.74) is 1.43. The molecule has 0 saturated carbocycles. The van der Waals surface area contributed by atoms with E-state index in [1.165, 1.54) is 0 Å². The highest BCUT2D eigenvalue weighted by Crippen LogP contribution is 2.21. The quantitative estimate of drug-likeness (QED) is 0.854. The lowest BCUT2D eigenvalue weighted by Crippen LogP contribution is -2.38. The Bertz CT molecular complexity index is 419. The largest absolute Gasteiger partial charge is 0.394 e. The summed E-state index contributed by atoms with van der Waals surface area (Å²) < 4.78 is 5.26. The summed E-state index contributed by atoms with van der Waals surface area (Å²) in [5, 5.41) is 9.32. The van der Waals surface area contributed by atoms with E-state index in [4.69, 9.17) is 4.74 Å². The molecule has 1 aliphatic rings. The molecule has 1 aliphatic heterocycles. The van der Waals surface area contributed by atoms with Crippen molar-refractivity contribution in [3.05, 3.63) is 29.6 Å². The number of aliphatic hydroxyl groups is 1. The number of hydrogen-bond donors (Lipinski definition) is 1. The maximum absolute atomic E-state index is 12.3. The van der Waals surface area contributed by atoms with Crippen LogP contribution in [0.15, 0.2) is 18.3 Å². The van der Waals surface area contributed by atoms with E-state index < -0.39 is 0 Å². The van der Waals surface area contributed by atoms with Crippen molar-refractivity contribution in [2.75, 3.05) is 20.3 Å². The molecule has 1 saturated heterocycles. The van der Waals surface area contributed by atoms with Crippen LogP contribution in [0.3, 0.4) is 0 Å². The van der Waals surface area contributed by atoms with Gasteiger partial charge in [0, 0.05) is 25.5 Å². The van der Waals surface area contributed by atoms with E-state index in [0.29, 0.717) is 18.5 Å². The summed E-state index contributed by atoms with van der Waals surface area (Å²) in [7, 11) is 1.63. The van der Waals surface area contributed by atoms with E-state index in [0.717, 1.165) is 5.69 Å². The highest BCUT2D eigenvalue weighted by molar-refractivity contribution is 5.94. The zero-order valence-electron chi connectivity index (χ0n) is 10.7. The van der Waals surface area contributed by atoms with Gasteiger partial charge in [0.15, 0.2) is 0 Å². The van der Waals surface area contributed by atoms with E-state index in [2.05, 4.69) is 4.98 Å². The van der Waals surface area contributed by atoms with Crippen molar-refractivity contribution in [1.82, 2.24) is 9.88 Å². The number of methoxy groups -OCH3 is 1. The zero-order chi connectivity index (χ0) is 13.1. The Labute approximate surface area is 106 Å². The van der Waals surface area contributed by atoms with Gasteiger partial charge in [-0.3, -0.25) is 9.78 Å². The minimum Gasteiger partial charge on any atom is -0.394 e. The van der Waals surface area contributed by atoms with Gasteiger partial charge >= 0.3 is 0 Å². The Morgan fingerprint density at radius 2 is 2.39 bits per heavy atom. The maximum atomic E-state index is 12.3. The molecule has 0 aliphatic carbocycles. The van der Waals surface area contributed by atoms with E-state index in [9.17, 15) is 9.90 Å². The molecule has 0 radical (unpaired) electrons. The third-order valence-corrected chi connectivity index (χ3v) is 3.34. The van der Waals surface area contributed by atoms with Crippen LogP contribution < -0.4 is 0 Å². The van der Waals surface area contributed by atoms with Crippen LogP contribution in [0.4, 0.5) is 0 Å². The second-order valence-corrected chi connectivity index (χ2v) is 4.58. The number of pyridine rings is 1. The molecular weight excluding hydrogens is 232 g/mol. The van der Waals surface area contributed by atoms with Gasteiger partial charge in [-0.15, -0.1) is 0 Å². The minimum atomic E-state index is -0.163. The molecule has 2 atom stereocenters. The molecule has 98 valence electrons. The third kappa shape index (κ3) is 2.52. The highest BCUT2D eigenvalue weighted by atomic mass is 16.5. The third-order valence-electron chi connectivity index (χ3n) is 3.34. The number of likely N-dealkylation sites (tertiary alicyclic amines) is 1. The second kappa shape index (κ2) is 5.46. The molecule has 2 heterocycles. The Kier molecular flexibility index (Phi) is 3.93. The van der Waals surface area contributed by atoms with Crippen molar-refractivity contribution >= 4 is 5.91 Å². The van der Waals surface area contributed by atoms with E-state index in [1.807, 2.05) is 13.0 Å². The summed E-state index contributed by atoms with van der Waals surface area (Å²) in [6.07, 6.45) is 2.26. The van der Waals surface area contributed by atoms with Gasteiger partial charge in [-0.1, -0.05) is 0 Å². The number of carbonyl (C=O) groups is 1. The fraction of sp³-hybridized carbons (Fsp3) is 0.538. The maximum Gasteiger partial charge on any atom is 0.255 e. The molecule has 0 bridgehead atoms. The molecular formula is C13H18N2O3. The van der Waals surface area contributed by atoms with Crippen LogP contribution >= 0.6 is 0 Å². The highest BCUT2D eigenvalue weighted by Gasteiger charge is 2.35. The monoisotopic (exact) mass is 250 g/mol. The summed E-state index contributed by atoms with van der Waals surface area (Å²) in [4.78, 5) is 18.1. The van der Waals surface area contributed by atoms with Crippen LogP contribution in [0.2, 0.25) is 0 Å². The van der Waals surface area contributed by atoms with Gasteiger partial charge < -0.3 is 14.7 Å². The fourth-order valence-electron chi connectivity index (χ4n) is 2.23. The number of carbonyl (C=O) groups excluding carboxylic acids is 1. The Morgan fingerprint density at radius 1 is 1.61 bits per heavy atom. The van der Waals surface area contributed by atoms with Gasteiger partial charge in [-0.05, 0) is 25.5 Å². The number of ether oxygens (including phenoxy) is 1. The first-order valence-corrected chi connectivity index (χ1v) is 6.03. The van der Waals surface area contributed by atoms with Crippen LogP contribution in [-0.4, -0.2) is 53.3 Å². The van der Waals surface area contributed by atoms with E-state index in [-0.39, 0.29) is 24.7 Å². The molecule has 1 aromatic rings. The van der Waals surface area contributed by atoms with Crippen molar-refractivity contribution in [3.8, 4) is 0 Å². The zero-order valence-corrected chi connectivity index (χ0v) is 10.7. The SMILES string of the molecule is CO[C@H]1C[C@@H](CO)N(C(=O)c2ccc(C)nc2)C1. The van der Waals surface area contributed by atoms with Crippen LogP contribution in [0.5, 0.6) is 0 Å². The van der Waals surface area contributed by atoms with Gasteiger partial charge in [0.05, 0.1) is 24.3 Å². The fourth-order valence-corrected chi connectivity index (χ4v) is 2.23. The van der Waals surface area contributed by atoms with Gasteiger partial charge in [-0.25, -0.2) is 0 Å². The summed E-state index contributed by atoms with van der Waals surface area (Å²) in [6.45, 7) is 2.36. The predicted molar refractivity (Wildman–Crippen MR) is 66.3 cm³/mol. The van der Waals surface area contributed by atoms with Gasteiger partial charge in [0.1, 0.15) is 0 Å². The number of aromatic nitrogens is 1. The van der Waals surface area contributed by atoms with Crippen molar-refractivity contribution in [2.24, 2.45) is 0 Å². The molecule has 1 fully saturated rings. The standard InChI is InChI=1S/C13H18N2O3/c1-9-3-4-10(6-14-9)13(17)15-7-12(18-2)5-11(15)8-16/h3-4,6,11-12,16H,5,7-8H2,1-2H3/t11-,12-/m0/s1. The van der Waals surface area contributed by atoms with Crippen molar-refractivity contribution in [1.29, 1.82) is 0 Å². The number of nitrogens with zero attached hydrogens (tertiary/aromatic N) is 2. The van der Waals surface area contributed by atoms with Crippen molar-refractivity contribution < 1.29 is 14.6 Å². The number of aryl methyl sites for hydroxylation is 1.